The Labute approximate surface area is 157 Å². The van der Waals surface area contributed by atoms with E-state index in [4.69, 9.17) is 0 Å². The fraction of sp³-hybridized carbons (Fsp3) is 0.958. The molecule has 0 bridgehead atoms. The van der Waals surface area contributed by atoms with Crippen LogP contribution in [0, 0.1) is 46.3 Å². The second-order valence-electron chi connectivity index (χ2n) is 9.84. The number of nitriles is 1. The Morgan fingerprint density at radius 1 is 0.880 bits per heavy atom. The number of nitrogens with zero attached hydrogens (tertiary/aromatic N) is 1. The molecule has 0 amide bonds. The Morgan fingerprint density at radius 3 is 2.40 bits per heavy atom. The number of hydrogen-bond donors (Lipinski definition) is 0. The van der Waals surface area contributed by atoms with Crippen molar-refractivity contribution < 1.29 is 0 Å². The molecule has 0 aromatic carbocycles. The van der Waals surface area contributed by atoms with Crippen LogP contribution in [0.4, 0.5) is 0 Å². The van der Waals surface area contributed by atoms with E-state index in [2.05, 4.69) is 19.9 Å². The number of fused-ring (bicyclic) bond motifs is 3. The monoisotopic (exact) mass is 343 g/mol. The molecule has 1 nitrogen and oxygen atoms in total. The molecular weight excluding hydrogens is 302 g/mol. The summed E-state index contributed by atoms with van der Waals surface area (Å²) >= 11 is 0. The molecule has 4 unspecified atom stereocenters. The lowest BCUT2D eigenvalue weighted by molar-refractivity contribution is -0.0181. The summed E-state index contributed by atoms with van der Waals surface area (Å²) in [6, 6.07) is 2.81. The molecule has 1 heteroatoms. The van der Waals surface area contributed by atoms with Gasteiger partial charge in [-0.25, -0.2) is 0 Å². The third-order valence-corrected chi connectivity index (χ3v) is 8.28. The standard InChI is InChI=1S/C24H41N/c1-3-5-7-14-24(18-25)15-13-23-21(17-24)11-10-20-16-19(8-6-4-2)9-12-22(20)23/h19-23H,3-17H2,1-2H3/t19-,20?,21?,22?,23?,24+/m1/s1. The molecule has 0 aromatic heterocycles. The molecule has 25 heavy (non-hydrogen) atoms. The van der Waals surface area contributed by atoms with E-state index in [-0.39, 0.29) is 5.41 Å². The van der Waals surface area contributed by atoms with E-state index in [0.29, 0.717) is 0 Å². The van der Waals surface area contributed by atoms with Gasteiger partial charge >= 0.3 is 0 Å². The van der Waals surface area contributed by atoms with Gasteiger partial charge < -0.3 is 0 Å². The van der Waals surface area contributed by atoms with Crippen LogP contribution in [0.3, 0.4) is 0 Å². The second kappa shape index (κ2) is 8.92. The van der Waals surface area contributed by atoms with Gasteiger partial charge in [0.25, 0.3) is 0 Å². The molecule has 0 heterocycles. The molecule has 0 aromatic rings. The Kier molecular flexibility index (Phi) is 6.87. The highest BCUT2D eigenvalue weighted by Crippen LogP contribution is 2.57. The van der Waals surface area contributed by atoms with Crippen LogP contribution >= 0.6 is 0 Å². The fourth-order valence-electron chi connectivity index (χ4n) is 6.88. The zero-order valence-corrected chi connectivity index (χ0v) is 16.9. The van der Waals surface area contributed by atoms with Crippen LogP contribution in [-0.4, -0.2) is 0 Å². The lowest BCUT2D eigenvalue weighted by Gasteiger charge is -2.52. The largest absolute Gasteiger partial charge is 0.198 e. The van der Waals surface area contributed by atoms with E-state index in [1.807, 2.05) is 0 Å². The van der Waals surface area contributed by atoms with Gasteiger partial charge in [-0.3, -0.25) is 0 Å². The highest BCUT2D eigenvalue weighted by molar-refractivity contribution is 5.06. The van der Waals surface area contributed by atoms with Gasteiger partial charge in [-0.15, -0.1) is 0 Å². The van der Waals surface area contributed by atoms with Crippen LogP contribution in [0.25, 0.3) is 0 Å². The van der Waals surface area contributed by atoms with Gasteiger partial charge in [-0.1, -0.05) is 58.8 Å². The van der Waals surface area contributed by atoms with Crippen LogP contribution in [0.2, 0.25) is 0 Å². The smallest absolute Gasteiger partial charge is 0.0689 e. The molecule has 0 radical (unpaired) electrons. The first kappa shape index (κ1) is 19.3. The summed E-state index contributed by atoms with van der Waals surface area (Å²) in [6.07, 6.45) is 20.6. The predicted octanol–water partition coefficient (Wildman–Crippen LogP) is 7.51. The first-order valence-electron chi connectivity index (χ1n) is 11.6. The maximum absolute atomic E-state index is 9.93. The number of unbranched alkanes of at least 4 members (excludes halogenated alkanes) is 3. The van der Waals surface area contributed by atoms with E-state index in [1.165, 1.54) is 96.3 Å². The highest BCUT2D eigenvalue weighted by atomic mass is 14.5. The first-order valence-corrected chi connectivity index (χ1v) is 11.6. The minimum Gasteiger partial charge on any atom is -0.198 e. The van der Waals surface area contributed by atoms with Crippen molar-refractivity contribution in [3.63, 3.8) is 0 Å². The molecule has 0 aliphatic heterocycles. The molecule has 0 saturated heterocycles. The van der Waals surface area contributed by atoms with Crippen LogP contribution in [0.5, 0.6) is 0 Å². The van der Waals surface area contributed by atoms with E-state index >= 15 is 0 Å². The van der Waals surface area contributed by atoms with Gasteiger partial charge in [0.2, 0.25) is 0 Å². The summed E-state index contributed by atoms with van der Waals surface area (Å²) in [5.41, 5.74) is 0.0432. The Bertz CT molecular complexity index is 450. The van der Waals surface area contributed by atoms with E-state index in [1.54, 1.807) is 0 Å². The minimum absolute atomic E-state index is 0.0432. The quantitative estimate of drug-likeness (QED) is 0.439. The highest BCUT2D eigenvalue weighted by Gasteiger charge is 2.48. The van der Waals surface area contributed by atoms with Crippen molar-refractivity contribution in [2.45, 2.75) is 110 Å². The molecule has 142 valence electrons. The Hall–Kier alpha value is -0.510. The molecular formula is C24H41N. The first-order chi connectivity index (χ1) is 12.2. The van der Waals surface area contributed by atoms with Gasteiger partial charge in [0.05, 0.1) is 11.5 Å². The Balaban J connectivity index is 1.57. The van der Waals surface area contributed by atoms with Crippen LogP contribution in [-0.2, 0) is 0 Å². The van der Waals surface area contributed by atoms with Gasteiger partial charge in [0, 0.05) is 0 Å². The summed E-state index contributed by atoms with van der Waals surface area (Å²) in [5, 5.41) is 9.93. The average molecular weight is 344 g/mol. The molecule has 3 rings (SSSR count). The van der Waals surface area contributed by atoms with Crippen LogP contribution < -0.4 is 0 Å². The van der Waals surface area contributed by atoms with Crippen LogP contribution in [0.1, 0.15) is 110 Å². The second-order valence-corrected chi connectivity index (χ2v) is 9.84. The maximum Gasteiger partial charge on any atom is 0.0689 e. The molecule has 0 N–H and O–H groups in total. The predicted molar refractivity (Wildman–Crippen MR) is 106 cm³/mol. The van der Waals surface area contributed by atoms with Gasteiger partial charge in [0.15, 0.2) is 0 Å². The molecule has 6 atom stereocenters. The molecule has 3 aliphatic carbocycles. The number of rotatable bonds is 7. The van der Waals surface area contributed by atoms with E-state index < -0.39 is 0 Å². The zero-order chi connectivity index (χ0) is 17.7. The van der Waals surface area contributed by atoms with Crippen molar-refractivity contribution in [3.8, 4) is 6.07 Å². The summed E-state index contributed by atoms with van der Waals surface area (Å²) in [6.45, 7) is 4.61. The minimum atomic E-state index is 0.0432. The van der Waals surface area contributed by atoms with E-state index in [9.17, 15) is 5.26 Å². The third kappa shape index (κ3) is 4.43. The van der Waals surface area contributed by atoms with Crippen LogP contribution in [0.15, 0.2) is 0 Å². The summed E-state index contributed by atoms with van der Waals surface area (Å²) in [4.78, 5) is 0. The number of hydrogen-bond acceptors (Lipinski definition) is 1. The lowest BCUT2D eigenvalue weighted by Crippen LogP contribution is -2.44. The third-order valence-electron chi connectivity index (χ3n) is 8.28. The summed E-state index contributed by atoms with van der Waals surface area (Å²) in [7, 11) is 0. The lowest BCUT2D eigenvalue weighted by atomic mass is 9.52. The van der Waals surface area contributed by atoms with Gasteiger partial charge in [0.1, 0.15) is 0 Å². The van der Waals surface area contributed by atoms with Crippen molar-refractivity contribution in [1.82, 2.24) is 0 Å². The van der Waals surface area contributed by atoms with E-state index in [0.717, 1.165) is 29.6 Å². The zero-order valence-electron chi connectivity index (χ0n) is 16.9. The Morgan fingerprint density at radius 2 is 1.64 bits per heavy atom. The summed E-state index contributed by atoms with van der Waals surface area (Å²) < 4.78 is 0. The summed E-state index contributed by atoms with van der Waals surface area (Å²) in [5.74, 6) is 4.94. The van der Waals surface area contributed by atoms with Crippen molar-refractivity contribution in [3.05, 3.63) is 0 Å². The van der Waals surface area contributed by atoms with Gasteiger partial charge in [-0.05, 0) is 81.0 Å². The van der Waals surface area contributed by atoms with Crippen molar-refractivity contribution >= 4 is 0 Å². The molecule has 3 fully saturated rings. The van der Waals surface area contributed by atoms with Crippen molar-refractivity contribution in [2.24, 2.45) is 35.0 Å². The molecule has 0 spiro atoms. The van der Waals surface area contributed by atoms with Crippen molar-refractivity contribution in [2.75, 3.05) is 0 Å². The fourth-order valence-corrected chi connectivity index (χ4v) is 6.88. The topological polar surface area (TPSA) is 23.8 Å². The maximum atomic E-state index is 9.93. The SMILES string of the molecule is CCCCC[C@]1(C#N)CCC2C(CCC3C[C@H](CCCC)CCC32)C1. The normalized spacial score (nSPS) is 40.8. The molecule has 3 aliphatic rings. The van der Waals surface area contributed by atoms with Gasteiger partial charge in [-0.2, -0.15) is 5.26 Å². The average Bonchev–Trinajstić information content (AvgIpc) is 2.66. The molecule has 3 saturated carbocycles. The van der Waals surface area contributed by atoms with Crippen molar-refractivity contribution in [1.29, 1.82) is 5.26 Å².